The molecule has 0 spiro atoms. The van der Waals surface area contributed by atoms with E-state index in [9.17, 15) is 9.18 Å². The molecule has 0 aromatic rings. The Balaban J connectivity index is 4.19. The van der Waals surface area contributed by atoms with Crippen molar-refractivity contribution in [3.05, 3.63) is 0 Å². The van der Waals surface area contributed by atoms with Gasteiger partial charge in [0.15, 0.2) is 9.96 Å². The van der Waals surface area contributed by atoms with Gasteiger partial charge in [0.2, 0.25) is 0 Å². The standard InChI is InChI=1S/C4H5BrClFO2/c1-4(5,2(6)7)3(8)9/h2H,1H3,(H,8,9). The second-order valence-electron chi connectivity index (χ2n) is 1.68. The van der Waals surface area contributed by atoms with Gasteiger partial charge in [-0.1, -0.05) is 27.5 Å². The fraction of sp³-hybridized carbons (Fsp3) is 0.750. The zero-order valence-electron chi connectivity index (χ0n) is 4.57. The molecule has 0 aromatic heterocycles. The Labute approximate surface area is 65.1 Å². The molecule has 0 radical (unpaired) electrons. The van der Waals surface area contributed by atoms with Crippen LogP contribution < -0.4 is 0 Å². The van der Waals surface area contributed by atoms with E-state index in [0.29, 0.717) is 0 Å². The van der Waals surface area contributed by atoms with Gasteiger partial charge < -0.3 is 5.11 Å². The van der Waals surface area contributed by atoms with E-state index in [1.54, 1.807) is 0 Å². The summed E-state index contributed by atoms with van der Waals surface area (Å²) < 4.78 is 10.4. The molecule has 2 unspecified atom stereocenters. The smallest absolute Gasteiger partial charge is 0.324 e. The van der Waals surface area contributed by atoms with Crippen LogP contribution in [0.5, 0.6) is 0 Å². The third-order valence-electron chi connectivity index (χ3n) is 0.828. The summed E-state index contributed by atoms with van der Waals surface area (Å²) in [6.07, 6.45) is 0. The fourth-order valence-electron chi connectivity index (χ4n) is 0.0933. The maximum absolute atomic E-state index is 12.1. The zero-order valence-corrected chi connectivity index (χ0v) is 6.91. The van der Waals surface area contributed by atoms with E-state index in [1.165, 1.54) is 0 Å². The molecule has 0 rings (SSSR count). The van der Waals surface area contributed by atoms with Crippen molar-refractivity contribution < 1.29 is 14.3 Å². The molecule has 0 amide bonds. The highest BCUT2D eigenvalue weighted by atomic mass is 79.9. The summed E-state index contributed by atoms with van der Waals surface area (Å²) in [4.78, 5) is 10.1. The normalized spacial score (nSPS) is 20.4. The summed E-state index contributed by atoms with van der Waals surface area (Å²) in [5.74, 6) is -1.31. The minimum atomic E-state index is -1.92. The molecule has 0 aliphatic rings. The highest BCUT2D eigenvalue weighted by Gasteiger charge is 2.38. The number of carboxylic acids is 1. The zero-order chi connectivity index (χ0) is 7.65. The lowest BCUT2D eigenvalue weighted by molar-refractivity contribution is -0.140. The molecule has 0 fully saturated rings. The Hall–Kier alpha value is 0.170. The lowest BCUT2D eigenvalue weighted by Crippen LogP contribution is -2.35. The van der Waals surface area contributed by atoms with Crippen molar-refractivity contribution in [3.8, 4) is 0 Å². The summed E-state index contributed by atoms with van der Waals surface area (Å²) in [6.45, 7) is 1.15. The van der Waals surface area contributed by atoms with Gasteiger partial charge in [0, 0.05) is 0 Å². The number of carbonyl (C=O) groups is 1. The number of hydrogen-bond donors (Lipinski definition) is 1. The van der Waals surface area contributed by atoms with Crippen molar-refractivity contribution in [2.75, 3.05) is 0 Å². The highest BCUT2D eigenvalue weighted by Crippen LogP contribution is 2.27. The Bertz CT molecular complexity index is 126. The minimum Gasteiger partial charge on any atom is -0.480 e. The van der Waals surface area contributed by atoms with Crippen LogP contribution in [-0.2, 0) is 4.79 Å². The van der Waals surface area contributed by atoms with Gasteiger partial charge in [0.25, 0.3) is 0 Å². The van der Waals surface area contributed by atoms with Crippen molar-refractivity contribution in [3.63, 3.8) is 0 Å². The van der Waals surface area contributed by atoms with Crippen molar-refractivity contribution in [2.45, 2.75) is 16.9 Å². The first-order valence-corrected chi connectivity index (χ1v) is 3.32. The molecule has 0 saturated heterocycles. The molecule has 9 heavy (non-hydrogen) atoms. The minimum absolute atomic E-state index is 1.15. The second kappa shape index (κ2) is 2.84. The van der Waals surface area contributed by atoms with Gasteiger partial charge in [-0.05, 0) is 6.92 Å². The Morgan fingerprint density at radius 1 is 2.00 bits per heavy atom. The predicted octanol–water partition coefficient (Wildman–Crippen LogP) is 1.76. The van der Waals surface area contributed by atoms with Crippen LogP contribution in [0.4, 0.5) is 4.39 Å². The Morgan fingerprint density at radius 3 is 2.33 bits per heavy atom. The lowest BCUT2D eigenvalue weighted by atomic mass is 10.2. The van der Waals surface area contributed by atoms with Gasteiger partial charge in [0.05, 0.1) is 0 Å². The molecule has 54 valence electrons. The van der Waals surface area contributed by atoms with Crippen molar-refractivity contribution in [1.29, 1.82) is 0 Å². The molecule has 0 bridgehead atoms. The fourth-order valence-corrected chi connectivity index (χ4v) is 0.187. The van der Waals surface area contributed by atoms with Crippen LogP contribution >= 0.6 is 27.5 Å². The number of hydrogen-bond acceptors (Lipinski definition) is 1. The van der Waals surface area contributed by atoms with Crippen LogP contribution in [-0.4, -0.2) is 21.0 Å². The van der Waals surface area contributed by atoms with Gasteiger partial charge in [-0.3, -0.25) is 4.79 Å². The average Bonchev–Trinajstić information content (AvgIpc) is 1.65. The molecule has 0 saturated carbocycles. The van der Waals surface area contributed by atoms with E-state index >= 15 is 0 Å². The van der Waals surface area contributed by atoms with Gasteiger partial charge >= 0.3 is 5.97 Å². The Kier molecular flexibility index (Phi) is 2.89. The van der Waals surface area contributed by atoms with Crippen LogP contribution in [0.25, 0.3) is 0 Å². The first-order chi connectivity index (χ1) is 3.89. The third-order valence-corrected chi connectivity index (χ3v) is 2.27. The lowest BCUT2D eigenvalue weighted by Gasteiger charge is -2.15. The molecule has 5 heteroatoms. The van der Waals surface area contributed by atoms with Gasteiger partial charge in [-0.25, -0.2) is 4.39 Å². The van der Waals surface area contributed by atoms with Crippen molar-refractivity contribution >= 4 is 33.5 Å². The molecule has 0 aromatic carbocycles. The van der Waals surface area contributed by atoms with E-state index in [0.717, 1.165) is 6.92 Å². The highest BCUT2D eigenvalue weighted by molar-refractivity contribution is 9.10. The number of alkyl halides is 3. The molecule has 2 atom stereocenters. The van der Waals surface area contributed by atoms with Crippen LogP contribution in [0.3, 0.4) is 0 Å². The molecule has 0 aliphatic carbocycles. The number of aliphatic carboxylic acids is 1. The summed E-state index contributed by atoms with van der Waals surface area (Å²) in [7, 11) is 0. The molecular weight excluding hydrogens is 214 g/mol. The van der Waals surface area contributed by atoms with Crippen molar-refractivity contribution in [2.24, 2.45) is 0 Å². The number of halogens is 3. The number of rotatable bonds is 2. The van der Waals surface area contributed by atoms with Crippen LogP contribution in [0.2, 0.25) is 0 Å². The molecule has 0 heterocycles. The average molecular weight is 219 g/mol. The largest absolute Gasteiger partial charge is 0.480 e. The third kappa shape index (κ3) is 2.10. The Morgan fingerprint density at radius 2 is 2.33 bits per heavy atom. The summed E-state index contributed by atoms with van der Waals surface area (Å²) >= 11 is 7.47. The molecule has 1 N–H and O–H groups in total. The summed E-state index contributed by atoms with van der Waals surface area (Å²) in [5, 5.41) is 8.24. The quantitative estimate of drug-likeness (QED) is 0.719. The van der Waals surface area contributed by atoms with E-state index in [-0.39, 0.29) is 0 Å². The van der Waals surface area contributed by atoms with Crippen molar-refractivity contribution in [1.82, 2.24) is 0 Å². The van der Waals surface area contributed by atoms with Crippen LogP contribution in [0, 0.1) is 0 Å². The SMILES string of the molecule is CC(Br)(C(=O)O)C(F)Cl. The number of carboxylic acid groups (broad SMARTS) is 1. The van der Waals surface area contributed by atoms with Gasteiger partial charge in [-0.2, -0.15) is 0 Å². The predicted molar refractivity (Wildman–Crippen MR) is 35.7 cm³/mol. The van der Waals surface area contributed by atoms with Gasteiger partial charge in [-0.15, -0.1) is 0 Å². The molecule has 2 nitrogen and oxygen atoms in total. The second-order valence-corrected chi connectivity index (χ2v) is 3.71. The first kappa shape index (κ1) is 9.17. The van der Waals surface area contributed by atoms with Crippen LogP contribution in [0.15, 0.2) is 0 Å². The summed E-state index contributed by atoms with van der Waals surface area (Å²) in [6, 6.07) is 0. The van der Waals surface area contributed by atoms with E-state index in [1.807, 2.05) is 0 Å². The summed E-state index contributed by atoms with van der Waals surface area (Å²) in [5.41, 5.74) is -1.92. The molecule has 0 aliphatic heterocycles. The van der Waals surface area contributed by atoms with Crippen LogP contribution in [0.1, 0.15) is 6.92 Å². The van der Waals surface area contributed by atoms with Gasteiger partial charge in [0.1, 0.15) is 0 Å². The molecular formula is C4H5BrClFO2. The monoisotopic (exact) mass is 218 g/mol. The topological polar surface area (TPSA) is 37.3 Å². The maximum Gasteiger partial charge on any atom is 0.324 e. The first-order valence-electron chi connectivity index (χ1n) is 2.09. The van der Waals surface area contributed by atoms with E-state index in [4.69, 9.17) is 16.7 Å². The van der Waals surface area contributed by atoms with E-state index < -0.39 is 15.9 Å². The van der Waals surface area contributed by atoms with E-state index in [2.05, 4.69) is 15.9 Å². The maximum atomic E-state index is 12.1.